The number of hydrogen-bond acceptors (Lipinski definition) is 5. The molecular weight excluding hydrogens is 320 g/mol. The Hall–Kier alpha value is -2.18. The highest BCUT2D eigenvalue weighted by atomic mass is 16.5. The summed E-state index contributed by atoms with van der Waals surface area (Å²) in [4.78, 5) is 36.2. The second-order valence-electron chi connectivity index (χ2n) is 6.86. The first-order chi connectivity index (χ1) is 12.0. The van der Waals surface area contributed by atoms with Gasteiger partial charge in [0.15, 0.2) is 0 Å². The van der Waals surface area contributed by atoms with E-state index in [0.717, 1.165) is 38.8 Å². The lowest BCUT2D eigenvalue weighted by atomic mass is 9.94. The molecule has 0 aromatic carbocycles. The molecule has 2 aliphatic rings. The smallest absolute Gasteiger partial charge is 0.225 e. The van der Waals surface area contributed by atoms with E-state index in [1.807, 2.05) is 16.7 Å². The van der Waals surface area contributed by atoms with Crippen LogP contribution in [0.15, 0.2) is 12.3 Å². The molecule has 0 saturated carbocycles. The molecule has 0 unspecified atom stereocenters. The van der Waals surface area contributed by atoms with Crippen molar-refractivity contribution in [1.29, 1.82) is 0 Å². The van der Waals surface area contributed by atoms with E-state index in [9.17, 15) is 9.59 Å². The maximum absolute atomic E-state index is 12.7. The number of aromatic nitrogens is 2. The van der Waals surface area contributed by atoms with Gasteiger partial charge >= 0.3 is 0 Å². The van der Waals surface area contributed by atoms with E-state index in [1.165, 1.54) is 0 Å². The molecule has 7 nitrogen and oxygen atoms in total. The molecule has 2 saturated heterocycles. The molecule has 0 radical (unpaired) electrons. The highest BCUT2D eigenvalue weighted by Gasteiger charge is 2.31. The summed E-state index contributed by atoms with van der Waals surface area (Å²) >= 11 is 0. The lowest BCUT2D eigenvalue weighted by Crippen LogP contribution is -2.47. The van der Waals surface area contributed by atoms with E-state index < -0.39 is 0 Å². The van der Waals surface area contributed by atoms with Gasteiger partial charge in [0.2, 0.25) is 17.7 Å². The predicted molar refractivity (Wildman–Crippen MR) is 92.0 cm³/mol. The summed E-state index contributed by atoms with van der Waals surface area (Å²) in [5.74, 6) is 1.69. The minimum atomic E-state index is 0.0533. The van der Waals surface area contributed by atoms with Crippen LogP contribution in [0.4, 0.5) is 0 Å². The molecule has 0 atom stereocenters. The Morgan fingerprint density at radius 3 is 2.32 bits per heavy atom. The molecule has 0 N–H and O–H groups in total. The largest absolute Gasteiger partial charge is 0.474 e. The van der Waals surface area contributed by atoms with Crippen molar-refractivity contribution in [3.8, 4) is 5.88 Å². The first kappa shape index (κ1) is 17.6. The Bertz CT molecular complexity index is 621. The maximum Gasteiger partial charge on any atom is 0.225 e. The third kappa shape index (κ3) is 4.46. The molecule has 0 bridgehead atoms. The standard InChI is InChI=1S/C18H26N4O3/c1-13-19-8-3-17(20-13)25-16-6-11-22(12-7-16)18(24)15-4-9-21(10-5-15)14(2)23/h3,8,15-16H,4-7,9-12H2,1-2H3. The second-order valence-corrected chi connectivity index (χ2v) is 6.86. The average molecular weight is 346 g/mol. The van der Waals surface area contributed by atoms with Gasteiger partial charge in [-0.3, -0.25) is 9.59 Å². The zero-order valence-corrected chi connectivity index (χ0v) is 15.0. The lowest BCUT2D eigenvalue weighted by Gasteiger charge is -2.37. The topological polar surface area (TPSA) is 75.6 Å². The van der Waals surface area contributed by atoms with E-state index in [2.05, 4.69) is 9.97 Å². The zero-order valence-electron chi connectivity index (χ0n) is 15.0. The molecule has 0 aliphatic carbocycles. The maximum atomic E-state index is 12.7. The number of carbonyl (C=O) groups is 2. The van der Waals surface area contributed by atoms with Gasteiger partial charge < -0.3 is 14.5 Å². The Morgan fingerprint density at radius 1 is 1.08 bits per heavy atom. The molecule has 136 valence electrons. The second kappa shape index (κ2) is 7.80. The van der Waals surface area contributed by atoms with Crippen LogP contribution in [0.25, 0.3) is 0 Å². The highest BCUT2D eigenvalue weighted by molar-refractivity contribution is 5.79. The van der Waals surface area contributed by atoms with Crippen LogP contribution >= 0.6 is 0 Å². The van der Waals surface area contributed by atoms with Gasteiger partial charge in [0.25, 0.3) is 0 Å². The first-order valence-corrected chi connectivity index (χ1v) is 9.03. The molecule has 1 aromatic heterocycles. The molecule has 25 heavy (non-hydrogen) atoms. The lowest BCUT2D eigenvalue weighted by molar-refractivity contribution is -0.141. The van der Waals surface area contributed by atoms with E-state index in [4.69, 9.17) is 4.74 Å². The number of piperidine rings is 2. The Labute approximate surface area is 148 Å². The number of amides is 2. The Kier molecular flexibility index (Phi) is 5.50. The number of likely N-dealkylation sites (tertiary alicyclic amines) is 2. The van der Waals surface area contributed by atoms with Gasteiger partial charge in [-0.15, -0.1) is 0 Å². The quantitative estimate of drug-likeness (QED) is 0.827. The molecule has 2 aliphatic heterocycles. The number of aryl methyl sites for hydroxylation is 1. The van der Waals surface area contributed by atoms with Crippen LogP contribution in [0.3, 0.4) is 0 Å². The third-order valence-corrected chi connectivity index (χ3v) is 5.08. The minimum absolute atomic E-state index is 0.0533. The SMILES string of the molecule is CC(=O)N1CCC(C(=O)N2CCC(Oc3ccnc(C)n3)CC2)CC1. The van der Waals surface area contributed by atoms with Gasteiger partial charge in [0.1, 0.15) is 11.9 Å². The van der Waals surface area contributed by atoms with Gasteiger partial charge in [-0.25, -0.2) is 4.98 Å². The van der Waals surface area contributed by atoms with E-state index in [0.29, 0.717) is 24.8 Å². The minimum Gasteiger partial charge on any atom is -0.474 e. The summed E-state index contributed by atoms with van der Waals surface area (Å²) in [6.45, 7) is 6.26. The molecule has 2 fully saturated rings. The summed E-state index contributed by atoms with van der Waals surface area (Å²) in [5, 5.41) is 0. The van der Waals surface area contributed by atoms with Crippen LogP contribution in [0.5, 0.6) is 5.88 Å². The van der Waals surface area contributed by atoms with Gasteiger partial charge in [0.05, 0.1) is 0 Å². The number of ether oxygens (including phenoxy) is 1. The number of carbonyl (C=O) groups excluding carboxylic acids is 2. The van der Waals surface area contributed by atoms with E-state index >= 15 is 0 Å². The van der Waals surface area contributed by atoms with Gasteiger partial charge in [-0.2, -0.15) is 4.98 Å². The summed E-state index contributed by atoms with van der Waals surface area (Å²) in [6.07, 6.45) is 4.98. The van der Waals surface area contributed by atoms with Crippen LogP contribution < -0.4 is 4.74 Å². The molecule has 7 heteroatoms. The summed E-state index contributed by atoms with van der Waals surface area (Å²) in [7, 11) is 0. The molecule has 0 spiro atoms. The fourth-order valence-corrected chi connectivity index (χ4v) is 3.56. The predicted octanol–water partition coefficient (Wildman–Crippen LogP) is 1.41. The van der Waals surface area contributed by atoms with Crippen molar-refractivity contribution in [2.75, 3.05) is 26.2 Å². The molecule has 3 rings (SSSR count). The van der Waals surface area contributed by atoms with Gasteiger partial charge in [-0.05, 0) is 19.8 Å². The van der Waals surface area contributed by atoms with Crippen LogP contribution in [-0.2, 0) is 9.59 Å². The van der Waals surface area contributed by atoms with Crippen LogP contribution in [-0.4, -0.2) is 63.9 Å². The fourth-order valence-electron chi connectivity index (χ4n) is 3.56. The van der Waals surface area contributed by atoms with Crippen LogP contribution in [0, 0.1) is 12.8 Å². The number of rotatable bonds is 3. The molecule has 2 amide bonds. The zero-order chi connectivity index (χ0) is 17.8. The van der Waals surface area contributed by atoms with Gasteiger partial charge in [-0.1, -0.05) is 0 Å². The number of hydrogen-bond donors (Lipinski definition) is 0. The normalized spacial score (nSPS) is 19.8. The van der Waals surface area contributed by atoms with Crippen molar-refractivity contribution in [3.05, 3.63) is 18.1 Å². The van der Waals surface area contributed by atoms with Crippen LogP contribution in [0.1, 0.15) is 38.4 Å². The van der Waals surface area contributed by atoms with Gasteiger partial charge in [0, 0.05) is 64.1 Å². The van der Waals surface area contributed by atoms with Crippen molar-refractivity contribution in [2.45, 2.75) is 45.6 Å². The van der Waals surface area contributed by atoms with Crippen molar-refractivity contribution >= 4 is 11.8 Å². The Balaban J connectivity index is 1.46. The van der Waals surface area contributed by atoms with E-state index in [-0.39, 0.29) is 23.8 Å². The highest BCUT2D eigenvalue weighted by Crippen LogP contribution is 2.23. The van der Waals surface area contributed by atoms with Crippen molar-refractivity contribution in [3.63, 3.8) is 0 Å². The first-order valence-electron chi connectivity index (χ1n) is 9.03. The monoisotopic (exact) mass is 346 g/mol. The van der Waals surface area contributed by atoms with E-state index in [1.54, 1.807) is 19.2 Å². The fraction of sp³-hybridized carbons (Fsp3) is 0.667. The summed E-state index contributed by atoms with van der Waals surface area (Å²) < 4.78 is 5.92. The van der Waals surface area contributed by atoms with Crippen molar-refractivity contribution < 1.29 is 14.3 Å². The molecular formula is C18H26N4O3. The average Bonchev–Trinajstić information content (AvgIpc) is 2.62. The number of nitrogens with zero attached hydrogens (tertiary/aromatic N) is 4. The Morgan fingerprint density at radius 2 is 1.72 bits per heavy atom. The molecule has 3 heterocycles. The van der Waals surface area contributed by atoms with Crippen LogP contribution in [0.2, 0.25) is 0 Å². The summed E-state index contributed by atoms with van der Waals surface area (Å²) in [5.41, 5.74) is 0. The third-order valence-electron chi connectivity index (χ3n) is 5.08. The van der Waals surface area contributed by atoms with Crippen molar-refractivity contribution in [2.24, 2.45) is 5.92 Å². The molecule has 1 aromatic rings. The summed E-state index contributed by atoms with van der Waals surface area (Å²) in [6, 6.07) is 1.77. The van der Waals surface area contributed by atoms with Crippen molar-refractivity contribution in [1.82, 2.24) is 19.8 Å².